The summed E-state index contributed by atoms with van der Waals surface area (Å²) in [6.07, 6.45) is 7.23. The molecule has 3 aromatic rings. The molecule has 36 heavy (non-hydrogen) atoms. The minimum absolute atomic E-state index is 0.0610. The second kappa shape index (κ2) is 10.4. The van der Waals surface area contributed by atoms with E-state index in [1.165, 1.54) is 16.8 Å². The average Bonchev–Trinajstić information content (AvgIpc) is 3.49. The van der Waals surface area contributed by atoms with Crippen molar-refractivity contribution in [3.63, 3.8) is 0 Å². The van der Waals surface area contributed by atoms with Gasteiger partial charge < -0.3 is 10.4 Å². The Hall–Kier alpha value is -3.31. The zero-order valence-corrected chi connectivity index (χ0v) is 21.2. The minimum Gasteiger partial charge on any atom is -0.389 e. The molecule has 1 aliphatic rings. The van der Waals surface area contributed by atoms with E-state index in [1.54, 1.807) is 44.3 Å². The van der Waals surface area contributed by atoms with Gasteiger partial charge in [0.15, 0.2) is 5.82 Å². The fourth-order valence-electron chi connectivity index (χ4n) is 4.52. The van der Waals surface area contributed by atoms with E-state index in [0.29, 0.717) is 6.42 Å². The van der Waals surface area contributed by atoms with Crippen LogP contribution in [0.4, 0.5) is 5.82 Å². The number of hydrogen-bond donors (Lipinski definition) is 2. The van der Waals surface area contributed by atoms with Crippen molar-refractivity contribution in [1.29, 1.82) is 0 Å². The summed E-state index contributed by atoms with van der Waals surface area (Å²) in [5.41, 5.74) is -1.64. The number of carbonyl (C=O) groups is 1. The van der Waals surface area contributed by atoms with Crippen molar-refractivity contribution in [3.05, 3.63) is 65.2 Å². The van der Waals surface area contributed by atoms with Crippen LogP contribution in [-0.4, -0.2) is 44.6 Å². The third-order valence-corrected chi connectivity index (χ3v) is 7.97. The summed E-state index contributed by atoms with van der Waals surface area (Å²) < 4.78 is 28.4. The van der Waals surface area contributed by atoms with E-state index in [9.17, 15) is 23.1 Å². The predicted octanol–water partition coefficient (Wildman–Crippen LogP) is 2.80. The Kier molecular flexibility index (Phi) is 7.41. The number of carbonyl (C=O) groups excluding carboxylic acids is 1. The Labute approximate surface area is 209 Å². The molecular weight excluding hydrogens is 482 g/mol. The lowest BCUT2D eigenvalue weighted by molar-refractivity contribution is -0.120. The Balaban J connectivity index is 1.61. The van der Waals surface area contributed by atoms with E-state index in [0.717, 1.165) is 42.6 Å². The monoisotopic (exact) mass is 513 g/mol. The van der Waals surface area contributed by atoms with Gasteiger partial charge in [-0.3, -0.25) is 14.3 Å². The van der Waals surface area contributed by atoms with Gasteiger partial charge in [0.1, 0.15) is 6.04 Å². The van der Waals surface area contributed by atoms with Crippen molar-refractivity contribution >= 4 is 21.6 Å². The second-order valence-electron chi connectivity index (χ2n) is 9.89. The summed E-state index contributed by atoms with van der Waals surface area (Å²) in [7, 11) is -3.92. The first-order valence-corrected chi connectivity index (χ1v) is 13.5. The Morgan fingerprint density at radius 2 is 1.86 bits per heavy atom. The highest BCUT2D eigenvalue weighted by Crippen LogP contribution is 2.32. The van der Waals surface area contributed by atoms with Crippen LogP contribution in [0.5, 0.6) is 0 Å². The summed E-state index contributed by atoms with van der Waals surface area (Å²) >= 11 is 0. The number of rotatable bonds is 9. The van der Waals surface area contributed by atoms with Crippen molar-refractivity contribution in [3.8, 4) is 0 Å². The van der Waals surface area contributed by atoms with Crippen LogP contribution in [0.15, 0.2) is 69.4 Å². The lowest BCUT2D eigenvalue weighted by Gasteiger charge is -2.21. The summed E-state index contributed by atoms with van der Waals surface area (Å²) in [5, 5.41) is 21.2. The molecule has 1 atom stereocenters. The van der Waals surface area contributed by atoms with Crippen LogP contribution in [0.25, 0.3) is 0 Å². The van der Waals surface area contributed by atoms with Gasteiger partial charge in [0, 0.05) is 18.3 Å². The van der Waals surface area contributed by atoms with E-state index in [2.05, 4.69) is 15.5 Å². The van der Waals surface area contributed by atoms with E-state index in [4.69, 9.17) is 0 Å². The number of benzene rings is 1. The summed E-state index contributed by atoms with van der Waals surface area (Å²) in [6, 6.07) is 9.52. The number of amides is 1. The number of hydrogen-bond acceptors (Lipinski definition) is 7. The SMILES string of the molecule is CC(C)(O)Cn1ccc(NC(=O)C(CC2CCCC2)n2ncc(S(=O)(=O)c3ccccc3)cc2=O)n1. The number of nitrogens with one attached hydrogen (secondary N) is 1. The molecule has 1 aliphatic carbocycles. The lowest BCUT2D eigenvalue weighted by Crippen LogP contribution is -2.36. The molecule has 1 saturated carbocycles. The largest absolute Gasteiger partial charge is 0.389 e. The lowest BCUT2D eigenvalue weighted by atomic mass is 9.98. The number of aliphatic hydroxyl groups is 1. The maximum Gasteiger partial charge on any atom is 0.268 e. The molecule has 1 aromatic carbocycles. The van der Waals surface area contributed by atoms with Crippen molar-refractivity contribution in [2.75, 3.05) is 5.32 Å². The van der Waals surface area contributed by atoms with Gasteiger partial charge in [-0.25, -0.2) is 13.1 Å². The molecule has 0 spiro atoms. The number of aromatic nitrogens is 4. The highest BCUT2D eigenvalue weighted by molar-refractivity contribution is 7.91. The Morgan fingerprint density at radius 1 is 1.17 bits per heavy atom. The quantitative estimate of drug-likeness (QED) is 0.449. The average molecular weight is 514 g/mol. The molecular formula is C25H31N5O5S. The molecule has 2 heterocycles. The zero-order valence-electron chi connectivity index (χ0n) is 20.4. The molecule has 1 unspecified atom stereocenters. The van der Waals surface area contributed by atoms with Crippen molar-refractivity contribution in [2.45, 2.75) is 73.9 Å². The standard InChI is InChI=1S/C25H31N5O5S/c1-25(2,33)17-29-13-12-22(28-29)27-24(32)21(14-18-8-6-7-9-18)30-23(31)15-20(16-26-30)36(34,35)19-10-4-3-5-11-19/h3-5,10-13,15-16,18,21,33H,6-9,14,17H2,1-2H3,(H,27,28,32). The predicted molar refractivity (Wildman–Crippen MR) is 133 cm³/mol. The van der Waals surface area contributed by atoms with Crippen LogP contribution in [0.2, 0.25) is 0 Å². The topological polar surface area (TPSA) is 136 Å². The maximum atomic E-state index is 13.3. The third kappa shape index (κ3) is 6.08. The van der Waals surface area contributed by atoms with Crippen LogP contribution in [-0.2, 0) is 21.2 Å². The van der Waals surface area contributed by atoms with Crippen LogP contribution < -0.4 is 10.9 Å². The number of sulfone groups is 1. The van der Waals surface area contributed by atoms with Gasteiger partial charge >= 0.3 is 0 Å². The molecule has 2 aromatic heterocycles. The van der Waals surface area contributed by atoms with E-state index in [1.807, 2.05) is 0 Å². The Morgan fingerprint density at radius 3 is 2.50 bits per heavy atom. The summed E-state index contributed by atoms with van der Waals surface area (Å²) in [4.78, 5) is 26.2. The van der Waals surface area contributed by atoms with Crippen molar-refractivity contribution in [2.24, 2.45) is 5.92 Å². The molecule has 192 valence electrons. The van der Waals surface area contributed by atoms with Crippen LogP contribution in [0.1, 0.15) is 52.0 Å². The van der Waals surface area contributed by atoms with Gasteiger partial charge in [-0.1, -0.05) is 43.9 Å². The van der Waals surface area contributed by atoms with Gasteiger partial charge in [0.05, 0.1) is 28.1 Å². The molecule has 0 saturated heterocycles. The highest BCUT2D eigenvalue weighted by Gasteiger charge is 2.30. The van der Waals surface area contributed by atoms with Gasteiger partial charge in [0.25, 0.3) is 11.5 Å². The normalized spacial score (nSPS) is 15.6. The second-order valence-corrected chi connectivity index (χ2v) is 11.8. The van der Waals surface area contributed by atoms with Gasteiger partial charge in [-0.05, 0) is 38.3 Å². The molecule has 2 N–H and O–H groups in total. The first-order chi connectivity index (χ1) is 17.0. The van der Waals surface area contributed by atoms with Gasteiger partial charge in [-0.2, -0.15) is 10.2 Å². The molecule has 0 bridgehead atoms. The fraction of sp³-hybridized carbons (Fsp3) is 0.440. The van der Waals surface area contributed by atoms with Gasteiger partial charge in [-0.15, -0.1) is 0 Å². The molecule has 0 aliphatic heterocycles. The molecule has 1 fully saturated rings. The third-order valence-electron chi connectivity index (χ3n) is 6.23. The summed E-state index contributed by atoms with van der Waals surface area (Å²) in [6.45, 7) is 3.56. The van der Waals surface area contributed by atoms with Crippen molar-refractivity contribution < 1.29 is 18.3 Å². The molecule has 0 radical (unpaired) electrons. The fourth-order valence-corrected chi connectivity index (χ4v) is 5.75. The smallest absolute Gasteiger partial charge is 0.268 e. The van der Waals surface area contributed by atoms with E-state index < -0.39 is 32.9 Å². The summed E-state index contributed by atoms with van der Waals surface area (Å²) in [5.74, 6) is 0.0931. The molecule has 10 nitrogen and oxygen atoms in total. The highest BCUT2D eigenvalue weighted by atomic mass is 32.2. The first kappa shape index (κ1) is 25.8. The van der Waals surface area contributed by atoms with Crippen LogP contribution >= 0.6 is 0 Å². The van der Waals surface area contributed by atoms with Gasteiger partial charge in [0.2, 0.25) is 9.84 Å². The van der Waals surface area contributed by atoms with Crippen molar-refractivity contribution in [1.82, 2.24) is 19.6 Å². The minimum atomic E-state index is -3.92. The molecule has 1 amide bonds. The van der Waals surface area contributed by atoms with Crippen LogP contribution in [0.3, 0.4) is 0 Å². The maximum absolute atomic E-state index is 13.3. The van der Waals surface area contributed by atoms with E-state index >= 15 is 0 Å². The molecule has 4 rings (SSSR count). The number of anilines is 1. The molecule has 11 heteroatoms. The zero-order chi connectivity index (χ0) is 25.9. The Bertz CT molecular complexity index is 1370. The van der Waals surface area contributed by atoms with E-state index in [-0.39, 0.29) is 28.1 Å². The first-order valence-electron chi connectivity index (χ1n) is 12.0. The number of nitrogens with zero attached hydrogens (tertiary/aromatic N) is 4. The van der Waals surface area contributed by atoms with Crippen LogP contribution in [0, 0.1) is 5.92 Å².